The van der Waals surface area contributed by atoms with Crippen LogP contribution in [0.1, 0.15) is 18.4 Å². The van der Waals surface area contributed by atoms with Crippen LogP contribution in [-0.2, 0) is 11.3 Å². The lowest BCUT2D eigenvalue weighted by molar-refractivity contribution is -0.153. The Morgan fingerprint density at radius 2 is 2.19 bits per heavy atom. The summed E-state index contributed by atoms with van der Waals surface area (Å²) in [6.07, 6.45) is -2.97. The molecule has 0 amide bonds. The number of ether oxygens (including phenoxy) is 1. The van der Waals surface area contributed by atoms with Gasteiger partial charge >= 0.3 is 12.1 Å². The van der Waals surface area contributed by atoms with E-state index in [0.29, 0.717) is 19.5 Å². The van der Waals surface area contributed by atoms with E-state index in [1.165, 1.54) is 12.1 Å². The number of hydrogen-bond acceptors (Lipinski definition) is 3. The summed E-state index contributed by atoms with van der Waals surface area (Å²) in [6.45, 7) is -0.275. The van der Waals surface area contributed by atoms with E-state index < -0.39 is 24.8 Å². The highest BCUT2D eigenvalue weighted by Crippen LogP contribution is 2.23. The van der Waals surface area contributed by atoms with E-state index in [1.807, 2.05) is 4.90 Å². The van der Waals surface area contributed by atoms with E-state index in [1.54, 1.807) is 12.1 Å². The van der Waals surface area contributed by atoms with E-state index in [2.05, 4.69) is 0 Å². The molecule has 0 bridgehead atoms. The van der Waals surface area contributed by atoms with Gasteiger partial charge in [0.25, 0.3) is 0 Å². The predicted molar refractivity (Wildman–Crippen MR) is 69.1 cm³/mol. The maximum atomic E-state index is 12.1. The number of carbonyl (C=O) groups is 1. The van der Waals surface area contributed by atoms with Crippen LogP contribution in [0.3, 0.4) is 0 Å². The molecule has 116 valence electrons. The standard InChI is InChI=1S/C14H16F3NO3/c15-14(16,17)9-21-11-4-1-3-10(7-11)8-18-6-2-5-12(18)13(19)20/h1,3-4,7,12H,2,5-6,8-9H2,(H,19,20)/t12-/m0/s1. The number of hydrogen-bond donors (Lipinski definition) is 1. The van der Waals surface area contributed by atoms with Gasteiger partial charge in [0.15, 0.2) is 6.61 Å². The fourth-order valence-electron chi connectivity index (χ4n) is 2.43. The normalized spacial score (nSPS) is 19.7. The first kappa shape index (κ1) is 15.6. The Labute approximate surface area is 120 Å². The van der Waals surface area contributed by atoms with Crippen molar-refractivity contribution in [2.75, 3.05) is 13.2 Å². The molecule has 0 radical (unpaired) electrons. The Morgan fingerprint density at radius 1 is 1.43 bits per heavy atom. The topological polar surface area (TPSA) is 49.8 Å². The Bertz CT molecular complexity index is 504. The van der Waals surface area contributed by atoms with E-state index in [0.717, 1.165) is 12.0 Å². The van der Waals surface area contributed by atoms with Gasteiger partial charge < -0.3 is 9.84 Å². The van der Waals surface area contributed by atoms with Gasteiger partial charge in [0.05, 0.1) is 0 Å². The van der Waals surface area contributed by atoms with Crippen LogP contribution in [0.2, 0.25) is 0 Å². The minimum atomic E-state index is -4.38. The summed E-state index contributed by atoms with van der Waals surface area (Å²) in [6, 6.07) is 5.80. The van der Waals surface area contributed by atoms with Crippen LogP contribution in [0.15, 0.2) is 24.3 Å². The van der Waals surface area contributed by atoms with E-state index in [9.17, 15) is 18.0 Å². The van der Waals surface area contributed by atoms with Crippen LogP contribution in [0, 0.1) is 0 Å². The summed E-state index contributed by atoms with van der Waals surface area (Å²) >= 11 is 0. The highest BCUT2D eigenvalue weighted by atomic mass is 19.4. The van der Waals surface area contributed by atoms with Crippen molar-refractivity contribution >= 4 is 5.97 Å². The first-order valence-electron chi connectivity index (χ1n) is 6.60. The fraction of sp³-hybridized carbons (Fsp3) is 0.500. The molecule has 1 aliphatic rings. The molecule has 1 aromatic carbocycles. The highest BCUT2D eigenvalue weighted by Gasteiger charge is 2.30. The number of alkyl halides is 3. The van der Waals surface area contributed by atoms with Crippen molar-refractivity contribution in [3.63, 3.8) is 0 Å². The monoisotopic (exact) mass is 303 g/mol. The van der Waals surface area contributed by atoms with Crippen molar-refractivity contribution in [2.24, 2.45) is 0 Å². The molecule has 0 unspecified atom stereocenters. The molecule has 0 spiro atoms. The van der Waals surface area contributed by atoms with Crippen molar-refractivity contribution in [1.29, 1.82) is 0 Å². The molecule has 1 N–H and O–H groups in total. The molecule has 1 heterocycles. The zero-order valence-corrected chi connectivity index (χ0v) is 11.3. The molecular weight excluding hydrogens is 287 g/mol. The number of benzene rings is 1. The van der Waals surface area contributed by atoms with Gasteiger partial charge in [0, 0.05) is 6.54 Å². The third kappa shape index (κ3) is 4.63. The van der Waals surface area contributed by atoms with Gasteiger partial charge in [0.2, 0.25) is 0 Å². The first-order valence-corrected chi connectivity index (χ1v) is 6.60. The summed E-state index contributed by atoms with van der Waals surface area (Å²) in [5.41, 5.74) is 0.739. The number of halogens is 3. The number of nitrogens with zero attached hydrogens (tertiary/aromatic N) is 1. The van der Waals surface area contributed by atoms with Gasteiger partial charge in [-0.25, -0.2) is 0 Å². The predicted octanol–water partition coefficient (Wildman–Crippen LogP) is 2.68. The molecule has 1 aliphatic heterocycles. The molecule has 2 rings (SSSR count). The lowest BCUT2D eigenvalue weighted by Gasteiger charge is -2.21. The molecule has 0 aromatic heterocycles. The molecule has 0 saturated carbocycles. The maximum Gasteiger partial charge on any atom is 0.422 e. The average Bonchev–Trinajstić information content (AvgIpc) is 2.84. The quantitative estimate of drug-likeness (QED) is 0.908. The second kappa shape index (κ2) is 6.34. The van der Waals surface area contributed by atoms with Crippen molar-refractivity contribution in [3.05, 3.63) is 29.8 Å². The van der Waals surface area contributed by atoms with Crippen LogP contribution in [0.5, 0.6) is 5.75 Å². The lowest BCUT2D eigenvalue weighted by Crippen LogP contribution is -2.35. The molecule has 21 heavy (non-hydrogen) atoms. The Balaban J connectivity index is 1.99. The number of carboxylic acid groups (broad SMARTS) is 1. The van der Waals surface area contributed by atoms with Crippen molar-refractivity contribution < 1.29 is 27.8 Å². The summed E-state index contributed by atoms with van der Waals surface area (Å²) in [5.74, 6) is -0.729. The number of carboxylic acids is 1. The molecule has 0 aliphatic carbocycles. The number of likely N-dealkylation sites (tertiary alicyclic amines) is 1. The Morgan fingerprint density at radius 3 is 2.86 bits per heavy atom. The zero-order valence-electron chi connectivity index (χ0n) is 11.3. The second-order valence-corrected chi connectivity index (χ2v) is 5.02. The Hall–Kier alpha value is -1.76. The van der Waals surface area contributed by atoms with Gasteiger partial charge in [-0.15, -0.1) is 0 Å². The average molecular weight is 303 g/mol. The van der Waals surface area contributed by atoms with E-state index in [-0.39, 0.29) is 5.75 Å². The molecule has 1 fully saturated rings. The van der Waals surface area contributed by atoms with Gasteiger partial charge in [-0.1, -0.05) is 12.1 Å². The smallest absolute Gasteiger partial charge is 0.422 e. The van der Waals surface area contributed by atoms with Gasteiger partial charge in [-0.2, -0.15) is 13.2 Å². The van der Waals surface area contributed by atoms with Crippen LogP contribution >= 0.6 is 0 Å². The molecule has 7 heteroatoms. The molecular formula is C14H16F3NO3. The third-order valence-corrected chi connectivity index (χ3v) is 3.34. The van der Waals surface area contributed by atoms with E-state index in [4.69, 9.17) is 9.84 Å². The van der Waals surface area contributed by atoms with Crippen LogP contribution in [0.25, 0.3) is 0 Å². The second-order valence-electron chi connectivity index (χ2n) is 5.02. The SMILES string of the molecule is O=C(O)[C@@H]1CCCN1Cc1cccc(OCC(F)(F)F)c1. The van der Waals surface area contributed by atoms with Crippen LogP contribution in [0.4, 0.5) is 13.2 Å². The molecule has 1 aromatic rings. The summed E-state index contributed by atoms with van der Waals surface area (Å²) in [5, 5.41) is 9.10. The fourth-order valence-corrected chi connectivity index (χ4v) is 2.43. The summed E-state index contributed by atoms with van der Waals surface area (Å²) < 4.78 is 41.0. The highest BCUT2D eigenvalue weighted by molar-refractivity contribution is 5.73. The Kier molecular flexibility index (Phi) is 4.72. The van der Waals surface area contributed by atoms with Crippen LogP contribution < -0.4 is 4.74 Å². The van der Waals surface area contributed by atoms with Gasteiger partial charge in [0.1, 0.15) is 11.8 Å². The first-order chi connectivity index (χ1) is 9.85. The van der Waals surface area contributed by atoms with Gasteiger partial charge in [-0.05, 0) is 37.1 Å². The van der Waals surface area contributed by atoms with Gasteiger partial charge in [-0.3, -0.25) is 9.69 Å². The minimum absolute atomic E-state index is 0.135. The largest absolute Gasteiger partial charge is 0.484 e. The van der Waals surface area contributed by atoms with Crippen molar-refractivity contribution in [1.82, 2.24) is 4.90 Å². The third-order valence-electron chi connectivity index (χ3n) is 3.34. The van der Waals surface area contributed by atoms with Crippen molar-refractivity contribution in [2.45, 2.75) is 31.6 Å². The minimum Gasteiger partial charge on any atom is -0.484 e. The van der Waals surface area contributed by atoms with E-state index >= 15 is 0 Å². The molecule has 1 saturated heterocycles. The zero-order chi connectivity index (χ0) is 15.5. The summed E-state index contributed by atoms with van der Waals surface area (Å²) in [4.78, 5) is 12.9. The number of aliphatic carboxylic acids is 1. The number of rotatable bonds is 5. The molecule has 4 nitrogen and oxygen atoms in total. The maximum absolute atomic E-state index is 12.1. The summed E-state index contributed by atoms with van der Waals surface area (Å²) in [7, 11) is 0. The molecule has 1 atom stereocenters. The van der Waals surface area contributed by atoms with Crippen LogP contribution in [-0.4, -0.2) is 41.3 Å². The lowest BCUT2D eigenvalue weighted by atomic mass is 10.1. The van der Waals surface area contributed by atoms with Crippen molar-refractivity contribution in [3.8, 4) is 5.75 Å².